The Bertz CT molecular complexity index is 336. The van der Waals surface area contributed by atoms with E-state index in [1.165, 1.54) is 0 Å². The van der Waals surface area contributed by atoms with Crippen LogP contribution in [0.2, 0.25) is 0 Å². The molecule has 1 heterocycles. The molecule has 0 saturated heterocycles. The van der Waals surface area contributed by atoms with Crippen LogP contribution in [0, 0.1) is 11.6 Å². The van der Waals surface area contributed by atoms with Gasteiger partial charge in [-0.3, -0.25) is 4.79 Å². The molecule has 0 spiro atoms. The van der Waals surface area contributed by atoms with E-state index in [-0.39, 0.29) is 0 Å². The Kier molecular flexibility index (Phi) is 2.28. The summed E-state index contributed by atoms with van der Waals surface area (Å²) < 4.78 is 25.0. The van der Waals surface area contributed by atoms with Gasteiger partial charge in [-0.25, -0.2) is 13.8 Å². The maximum atomic E-state index is 12.7. The van der Waals surface area contributed by atoms with Crippen LogP contribution in [-0.2, 0) is 0 Å². The first-order chi connectivity index (χ1) is 5.65. The van der Waals surface area contributed by atoms with Crippen molar-refractivity contribution in [2.24, 2.45) is 0 Å². The molecule has 0 aliphatic carbocycles. The zero-order valence-corrected chi connectivity index (χ0v) is 6.05. The van der Waals surface area contributed by atoms with E-state index in [0.29, 0.717) is 6.07 Å². The molecular weight excluding hydrogens is 164 g/mol. The van der Waals surface area contributed by atoms with Crippen molar-refractivity contribution >= 4 is 5.78 Å². The molecule has 0 aromatic carbocycles. The summed E-state index contributed by atoms with van der Waals surface area (Å²) in [4.78, 5) is 14.1. The largest absolute Gasteiger partial charge is 0.287 e. The fourth-order valence-corrected chi connectivity index (χ4v) is 0.693. The van der Waals surface area contributed by atoms with E-state index in [1.807, 2.05) is 0 Å². The molecule has 2 nitrogen and oxygen atoms in total. The zero-order valence-electron chi connectivity index (χ0n) is 6.05. The van der Waals surface area contributed by atoms with Crippen molar-refractivity contribution < 1.29 is 13.6 Å². The fourth-order valence-electron chi connectivity index (χ4n) is 0.693. The highest BCUT2D eigenvalue weighted by atomic mass is 19.1. The Morgan fingerprint density at radius 3 is 2.75 bits per heavy atom. The van der Waals surface area contributed by atoms with Crippen molar-refractivity contribution in [1.82, 2.24) is 4.98 Å². The van der Waals surface area contributed by atoms with Crippen LogP contribution in [-0.4, -0.2) is 10.8 Å². The summed E-state index contributed by atoms with van der Waals surface area (Å²) in [5.41, 5.74) is -0.411. The van der Waals surface area contributed by atoms with Gasteiger partial charge in [-0.2, -0.15) is 0 Å². The molecule has 0 atom stereocenters. The summed E-state index contributed by atoms with van der Waals surface area (Å²) in [6.45, 7) is 3.15. The van der Waals surface area contributed by atoms with Gasteiger partial charge in [0.1, 0.15) is 11.5 Å². The first-order valence-corrected chi connectivity index (χ1v) is 3.13. The monoisotopic (exact) mass is 169 g/mol. The summed E-state index contributed by atoms with van der Waals surface area (Å²) in [6.07, 6.45) is 1.70. The first-order valence-electron chi connectivity index (χ1n) is 3.13. The normalized spacial score (nSPS) is 9.50. The van der Waals surface area contributed by atoms with Gasteiger partial charge in [-0.1, -0.05) is 6.58 Å². The lowest BCUT2D eigenvalue weighted by Crippen LogP contribution is -2.02. The van der Waals surface area contributed by atoms with Gasteiger partial charge in [0.05, 0.1) is 6.20 Å². The quantitative estimate of drug-likeness (QED) is 0.498. The number of carbonyl (C=O) groups excluding carboxylic acids is 1. The van der Waals surface area contributed by atoms with Crippen LogP contribution in [0.4, 0.5) is 8.78 Å². The minimum Gasteiger partial charge on any atom is -0.287 e. The maximum absolute atomic E-state index is 12.7. The van der Waals surface area contributed by atoms with Crippen LogP contribution < -0.4 is 0 Å². The van der Waals surface area contributed by atoms with Crippen LogP contribution in [0.25, 0.3) is 0 Å². The number of pyridine rings is 1. The molecule has 0 saturated carbocycles. The molecule has 0 fully saturated rings. The van der Waals surface area contributed by atoms with Gasteiger partial charge in [0, 0.05) is 6.07 Å². The van der Waals surface area contributed by atoms with Crippen molar-refractivity contribution in [1.29, 1.82) is 0 Å². The highest BCUT2D eigenvalue weighted by molar-refractivity contribution is 6.02. The Balaban J connectivity index is 3.18. The number of carbonyl (C=O) groups is 1. The van der Waals surface area contributed by atoms with Crippen molar-refractivity contribution in [3.8, 4) is 0 Å². The predicted molar refractivity (Wildman–Crippen MR) is 38.7 cm³/mol. The van der Waals surface area contributed by atoms with E-state index >= 15 is 0 Å². The van der Waals surface area contributed by atoms with E-state index in [9.17, 15) is 13.6 Å². The van der Waals surface area contributed by atoms with Crippen LogP contribution >= 0.6 is 0 Å². The Morgan fingerprint density at radius 2 is 2.25 bits per heavy atom. The molecule has 4 heteroatoms. The second kappa shape index (κ2) is 3.21. The van der Waals surface area contributed by atoms with Crippen molar-refractivity contribution in [3.05, 3.63) is 42.2 Å². The summed E-state index contributed by atoms with van der Waals surface area (Å²) in [7, 11) is 0. The average molecular weight is 169 g/mol. The van der Waals surface area contributed by atoms with Gasteiger partial charge >= 0.3 is 0 Å². The predicted octanol–water partition coefficient (Wildman–Crippen LogP) is 1.73. The lowest BCUT2D eigenvalue weighted by molar-refractivity contribution is 0.103. The van der Waals surface area contributed by atoms with Crippen molar-refractivity contribution in [2.75, 3.05) is 0 Å². The Morgan fingerprint density at radius 1 is 1.58 bits per heavy atom. The SMILES string of the molecule is C=CC(=O)c1ncc(F)cc1F. The Hall–Kier alpha value is -1.58. The van der Waals surface area contributed by atoms with Crippen LogP contribution in [0.3, 0.4) is 0 Å². The molecular formula is C8H5F2NO. The summed E-state index contributed by atoms with van der Waals surface area (Å²) in [5, 5.41) is 0. The van der Waals surface area contributed by atoms with Crippen LogP contribution in [0.1, 0.15) is 10.5 Å². The zero-order chi connectivity index (χ0) is 9.14. The third-order valence-corrected chi connectivity index (χ3v) is 1.23. The molecule has 0 aliphatic heterocycles. The van der Waals surface area contributed by atoms with E-state index in [0.717, 1.165) is 12.3 Å². The lowest BCUT2D eigenvalue weighted by Gasteiger charge is -1.95. The molecule has 0 radical (unpaired) electrons. The lowest BCUT2D eigenvalue weighted by atomic mass is 10.2. The molecule has 0 bridgehead atoms. The molecule has 62 valence electrons. The molecule has 1 rings (SSSR count). The second-order valence-electron chi connectivity index (χ2n) is 2.05. The van der Waals surface area contributed by atoms with E-state index in [1.54, 1.807) is 0 Å². The molecule has 0 amide bonds. The first kappa shape index (κ1) is 8.52. The summed E-state index contributed by atoms with van der Waals surface area (Å²) >= 11 is 0. The van der Waals surface area contributed by atoms with Gasteiger partial charge in [0.15, 0.2) is 5.82 Å². The minimum absolute atomic E-state index is 0.411. The van der Waals surface area contributed by atoms with Gasteiger partial charge in [0.2, 0.25) is 5.78 Å². The molecule has 1 aromatic heterocycles. The summed E-state index contributed by atoms with van der Waals surface area (Å²) in [6, 6.07) is 0.601. The summed E-state index contributed by atoms with van der Waals surface area (Å²) in [5.74, 6) is -2.44. The van der Waals surface area contributed by atoms with Gasteiger partial charge in [0.25, 0.3) is 0 Å². The number of hydrogen-bond acceptors (Lipinski definition) is 2. The smallest absolute Gasteiger partial charge is 0.206 e. The Labute approximate surface area is 67.5 Å². The molecule has 1 aromatic rings. The number of hydrogen-bond donors (Lipinski definition) is 0. The number of allylic oxidation sites excluding steroid dienone is 1. The highest BCUT2D eigenvalue weighted by Gasteiger charge is 2.10. The maximum Gasteiger partial charge on any atom is 0.206 e. The van der Waals surface area contributed by atoms with Crippen LogP contribution in [0.5, 0.6) is 0 Å². The second-order valence-corrected chi connectivity index (χ2v) is 2.05. The minimum atomic E-state index is -0.972. The molecule has 12 heavy (non-hydrogen) atoms. The van der Waals surface area contributed by atoms with E-state index in [4.69, 9.17) is 0 Å². The van der Waals surface area contributed by atoms with Crippen molar-refractivity contribution in [3.63, 3.8) is 0 Å². The topological polar surface area (TPSA) is 30.0 Å². The number of aromatic nitrogens is 1. The fraction of sp³-hybridized carbons (Fsp3) is 0. The third kappa shape index (κ3) is 1.53. The van der Waals surface area contributed by atoms with Gasteiger partial charge in [-0.05, 0) is 6.08 Å². The van der Waals surface area contributed by atoms with Gasteiger partial charge < -0.3 is 0 Å². The van der Waals surface area contributed by atoms with Gasteiger partial charge in [-0.15, -0.1) is 0 Å². The number of halogens is 2. The van der Waals surface area contributed by atoms with Crippen molar-refractivity contribution in [2.45, 2.75) is 0 Å². The third-order valence-electron chi connectivity index (χ3n) is 1.23. The van der Waals surface area contributed by atoms with Crippen LogP contribution in [0.15, 0.2) is 24.9 Å². The number of rotatable bonds is 2. The number of nitrogens with zero attached hydrogens (tertiary/aromatic N) is 1. The van der Waals surface area contributed by atoms with E-state index < -0.39 is 23.1 Å². The molecule has 0 unspecified atom stereocenters. The molecule has 0 aliphatic rings. The highest BCUT2D eigenvalue weighted by Crippen LogP contribution is 2.06. The number of ketones is 1. The van der Waals surface area contributed by atoms with E-state index in [2.05, 4.69) is 11.6 Å². The standard InChI is InChI=1S/C8H5F2NO/c1-2-7(12)8-6(10)3-5(9)4-11-8/h2-4H,1H2. The molecule has 0 N–H and O–H groups in total. The average Bonchev–Trinajstić information content (AvgIpc) is 2.03.